The van der Waals surface area contributed by atoms with Crippen LogP contribution < -0.4 is 15.5 Å². The van der Waals surface area contributed by atoms with E-state index in [1.807, 2.05) is 0 Å². The summed E-state index contributed by atoms with van der Waals surface area (Å²) in [6.07, 6.45) is 5.48. The van der Waals surface area contributed by atoms with Crippen LogP contribution in [0.5, 0.6) is 0 Å². The molecule has 1 fully saturated rings. The minimum absolute atomic E-state index is 0.221. The number of benzene rings is 1. The van der Waals surface area contributed by atoms with E-state index < -0.39 is 11.8 Å². The molecule has 1 aliphatic rings. The van der Waals surface area contributed by atoms with E-state index in [1.165, 1.54) is 36.4 Å². The third kappa shape index (κ3) is 4.82. The number of amides is 2. The van der Waals surface area contributed by atoms with Crippen LogP contribution in [0.4, 0.5) is 11.5 Å². The Bertz CT molecular complexity index is 692. The molecule has 7 nitrogen and oxygen atoms in total. The zero-order valence-electron chi connectivity index (χ0n) is 14.0. The summed E-state index contributed by atoms with van der Waals surface area (Å²) >= 11 is 0. The maximum Gasteiger partial charge on any atom is 0.314 e. The Kier molecular flexibility index (Phi) is 5.66. The Morgan fingerprint density at radius 2 is 1.84 bits per heavy atom. The molecule has 0 atom stereocenters. The Morgan fingerprint density at radius 3 is 2.52 bits per heavy atom. The van der Waals surface area contributed by atoms with Crippen LogP contribution in [0.1, 0.15) is 24.8 Å². The second kappa shape index (κ2) is 8.32. The molecule has 0 bridgehead atoms. The third-order valence-corrected chi connectivity index (χ3v) is 4.22. The van der Waals surface area contributed by atoms with Gasteiger partial charge in [-0.25, -0.2) is 0 Å². The van der Waals surface area contributed by atoms with Crippen LogP contribution in [0.15, 0.2) is 41.1 Å². The van der Waals surface area contributed by atoms with E-state index in [-0.39, 0.29) is 5.82 Å². The number of rotatable bonds is 6. The van der Waals surface area contributed by atoms with Gasteiger partial charge in [0.15, 0.2) is 5.82 Å². The smallest absolute Gasteiger partial charge is 0.314 e. The summed E-state index contributed by atoms with van der Waals surface area (Å²) in [5, 5.41) is 8.48. The van der Waals surface area contributed by atoms with Crippen LogP contribution in [0.2, 0.25) is 0 Å². The van der Waals surface area contributed by atoms with Crippen LogP contribution in [0, 0.1) is 0 Å². The zero-order chi connectivity index (χ0) is 17.5. The van der Waals surface area contributed by atoms with Crippen molar-refractivity contribution in [1.82, 2.24) is 10.5 Å². The average molecular weight is 342 g/mol. The maximum absolute atomic E-state index is 11.7. The molecular weight excluding hydrogens is 320 g/mol. The van der Waals surface area contributed by atoms with E-state index in [1.54, 1.807) is 0 Å². The molecule has 1 aromatic carbocycles. The second-order valence-corrected chi connectivity index (χ2v) is 6.06. The Hall–Kier alpha value is -2.83. The summed E-state index contributed by atoms with van der Waals surface area (Å²) in [7, 11) is 0. The zero-order valence-corrected chi connectivity index (χ0v) is 14.0. The summed E-state index contributed by atoms with van der Waals surface area (Å²) < 4.78 is 4.58. The number of nitrogens with one attached hydrogen (secondary N) is 2. The molecule has 1 saturated heterocycles. The lowest BCUT2D eigenvalue weighted by atomic mass is 10.1. The number of hydrogen-bond donors (Lipinski definition) is 2. The van der Waals surface area contributed by atoms with Gasteiger partial charge in [0.2, 0.25) is 0 Å². The number of carbonyl (C=O) groups is 2. The highest BCUT2D eigenvalue weighted by atomic mass is 16.5. The van der Waals surface area contributed by atoms with Crippen LogP contribution in [0.3, 0.4) is 0 Å². The average Bonchev–Trinajstić information content (AvgIpc) is 3.33. The highest BCUT2D eigenvalue weighted by molar-refractivity contribution is 6.39. The van der Waals surface area contributed by atoms with E-state index in [2.05, 4.69) is 49.5 Å². The van der Waals surface area contributed by atoms with Gasteiger partial charge in [-0.3, -0.25) is 14.9 Å². The van der Waals surface area contributed by atoms with E-state index in [0.717, 1.165) is 25.9 Å². The first-order valence-electron chi connectivity index (χ1n) is 8.56. The second-order valence-electron chi connectivity index (χ2n) is 6.06. The van der Waals surface area contributed by atoms with Gasteiger partial charge in [0.1, 0.15) is 6.26 Å². The number of nitrogens with zero attached hydrogens (tertiary/aromatic N) is 2. The molecule has 2 aromatic rings. The van der Waals surface area contributed by atoms with Gasteiger partial charge in [0.25, 0.3) is 0 Å². The number of anilines is 2. The largest absolute Gasteiger partial charge is 0.372 e. The lowest BCUT2D eigenvalue weighted by Crippen LogP contribution is -2.36. The molecule has 0 radical (unpaired) electrons. The fourth-order valence-corrected chi connectivity index (χ4v) is 2.87. The number of aromatic nitrogens is 1. The third-order valence-electron chi connectivity index (χ3n) is 4.22. The van der Waals surface area contributed by atoms with Gasteiger partial charge < -0.3 is 14.7 Å². The first-order valence-corrected chi connectivity index (χ1v) is 8.56. The molecule has 1 aliphatic heterocycles. The van der Waals surface area contributed by atoms with Gasteiger partial charge in [-0.15, -0.1) is 0 Å². The van der Waals surface area contributed by atoms with Gasteiger partial charge in [-0.05, 0) is 43.4 Å². The maximum atomic E-state index is 11.7. The lowest BCUT2D eigenvalue weighted by molar-refractivity contribution is -0.136. The van der Waals surface area contributed by atoms with Gasteiger partial charge in [-0.1, -0.05) is 17.3 Å². The Balaban J connectivity index is 1.36. The Labute approximate surface area is 146 Å². The van der Waals surface area contributed by atoms with Gasteiger partial charge in [0.05, 0.1) is 0 Å². The van der Waals surface area contributed by atoms with Crippen LogP contribution in [-0.4, -0.2) is 36.6 Å². The highest BCUT2D eigenvalue weighted by Crippen LogP contribution is 2.20. The number of hydrogen-bond acceptors (Lipinski definition) is 5. The van der Waals surface area contributed by atoms with E-state index in [9.17, 15) is 9.59 Å². The summed E-state index contributed by atoms with van der Waals surface area (Å²) in [6.45, 7) is 2.72. The van der Waals surface area contributed by atoms with Gasteiger partial charge in [0, 0.05) is 31.4 Å². The van der Waals surface area contributed by atoms with Crippen molar-refractivity contribution in [2.24, 2.45) is 0 Å². The standard InChI is InChI=1S/C18H22N4O3/c23-17(18(24)20-16-9-13-25-21-16)19-10-3-4-14-5-7-15(8-6-14)22-11-1-2-12-22/h5-9,13H,1-4,10-12H2,(H,19,23)(H,20,21,24). The molecule has 2 heterocycles. The minimum atomic E-state index is -0.746. The summed E-state index contributed by atoms with van der Waals surface area (Å²) in [4.78, 5) is 25.7. The number of carbonyl (C=O) groups excluding carboxylic acids is 2. The van der Waals surface area contributed by atoms with Crippen LogP contribution in [-0.2, 0) is 16.0 Å². The number of aryl methyl sites for hydroxylation is 1. The molecule has 0 saturated carbocycles. The fourth-order valence-electron chi connectivity index (χ4n) is 2.87. The predicted molar refractivity (Wildman–Crippen MR) is 94.4 cm³/mol. The molecule has 7 heteroatoms. The summed E-state index contributed by atoms with van der Waals surface area (Å²) in [6, 6.07) is 10.0. The normalized spacial score (nSPS) is 13.7. The Morgan fingerprint density at radius 1 is 1.08 bits per heavy atom. The molecular formula is C18H22N4O3. The molecule has 3 rings (SSSR count). The van der Waals surface area contributed by atoms with Crippen molar-refractivity contribution >= 4 is 23.3 Å². The molecule has 2 amide bonds. The van der Waals surface area contributed by atoms with Crippen molar-refractivity contribution in [3.8, 4) is 0 Å². The van der Waals surface area contributed by atoms with Gasteiger partial charge in [-0.2, -0.15) is 0 Å². The molecule has 2 N–H and O–H groups in total. The highest BCUT2D eigenvalue weighted by Gasteiger charge is 2.14. The molecule has 0 unspecified atom stereocenters. The summed E-state index contributed by atoms with van der Waals surface area (Å²) in [5.74, 6) is -1.20. The van der Waals surface area contributed by atoms with Crippen molar-refractivity contribution < 1.29 is 14.1 Å². The van der Waals surface area contributed by atoms with E-state index >= 15 is 0 Å². The van der Waals surface area contributed by atoms with Crippen molar-refractivity contribution in [2.75, 3.05) is 29.9 Å². The molecule has 0 spiro atoms. The molecule has 25 heavy (non-hydrogen) atoms. The predicted octanol–water partition coefficient (Wildman–Crippen LogP) is 1.96. The summed E-state index contributed by atoms with van der Waals surface area (Å²) in [5.41, 5.74) is 2.50. The molecule has 0 aliphatic carbocycles. The monoisotopic (exact) mass is 342 g/mol. The molecule has 132 valence electrons. The topological polar surface area (TPSA) is 87.5 Å². The van der Waals surface area contributed by atoms with Crippen molar-refractivity contribution in [2.45, 2.75) is 25.7 Å². The minimum Gasteiger partial charge on any atom is -0.372 e. The quantitative estimate of drug-likeness (QED) is 0.619. The van der Waals surface area contributed by atoms with E-state index in [0.29, 0.717) is 6.54 Å². The van der Waals surface area contributed by atoms with Crippen molar-refractivity contribution in [3.05, 3.63) is 42.2 Å². The first kappa shape index (κ1) is 17.0. The fraction of sp³-hybridized carbons (Fsp3) is 0.389. The van der Waals surface area contributed by atoms with Crippen LogP contribution in [0.25, 0.3) is 0 Å². The van der Waals surface area contributed by atoms with Crippen molar-refractivity contribution in [1.29, 1.82) is 0 Å². The lowest BCUT2D eigenvalue weighted by Gasteiger charge is -2.17. The van der Waals surface area contributed by atoms with Crippen LogP contribution >= 0.6 is 0 Å². The molecule has 1 aromatic heterocycles. The van der Waals surface area contributed by atoms with Crippen molar-refractivity contribution in [3.63, 3.8) is 0 Å². The van der Waals surface area contributed by atoms with Gasteiger partial charge >= 0.3 is 11.8 Å². The first-order chi connectivity index (χ1) is 12.2. The van der Waals surface area contributed by atoms with E-state index in [4.69, 9.17) is 0 Å². The SMILES string of the molecule is O=C(NCCCc1ccc(N2CCCC2)cc1)C(=O)Nc1ccon1.